The van der Waals surface area contributed by atoms with Crippen LogP contribution in [0.4, 0.5) is 0 Å². The lowest BCUT2D eigenvalue weighted by atomic mass is 10.1. The van der Waals surface area contributed by atoms with E-state index >= 15 is 0 Å². The summed E-state index contributed by atoms with van der Waals surface area (Å²) in [6.45, 7) is 6.27. The number of hydrogen-bond donors (Lipinski definition) is 2. The summed E-state index contributed by atoms with van der Waals surface area (Å²) in [5.74, 6) is 1.32. The maximum absolute atomic E-state index is 12.1. The second-order valence-corrected chi connectivity index (χ2v) is 7.51. The molecule has 28 heavy (non-hydrogen) atoms. The average molecular weight is 521 g/mol. The van der Waals surface area contributed by atoms with Crippen molar-refractivity contribution in [2.45, 2.75) is 32.9 Å². The van der Waals surface area contributed by atoms with E-state index < -0.39 is 0 Å². The fourth-order valence-electron chi connectivity index (χ4n) is 2.36. The summed E-state index contributed by atoms with van der Waals surface area (Å²) in [7, 11) is 3.43. The minimum Gasteiger partial charge on any atom is -0.350 e. The molecule has 10 heteroatoms. The lowest BCUT2D eigenvalue weighted by Crippen LogP contribution is -2.48. The van der Waals surface area contributed by atoms with E-state index in [1.807, 2.05) is 32.9 Å². The molecular weight excluding hydrogens is 495 g/mol. The molecular formula is C18H26ClIN6O2. The predicted molar refractivity (Wildman–Crippen MR) is 121 cm³/mol. The topological polar surface area (TPSA) is 95.7 Å². The van der Waals surface area contributed by atoms with Crippen molar-refractivity contribution < 1.29 is 9.32 Å². The van der Waals surface area contributed by atoms with E-state index in [9.17, 15) is 4.79 Å². The summed E-state index contributed by atoms with van der Waals surface area (Å²) in [6, 6.07) is 7.23. The van der Waals surface area contributed by atoms with Crippen LogP contribution in [-0.4, -0.2) is 53.1 Å². The number of carbonyl (C=O) groups excluding carboxylic acids is 1. The maximum atomic E-state index is 12.1. The predicted octanol–water partition coefficient (Wildman–Crippen LogP) is 2.93. The normalized spacial score (nSPS) is 11.6. The molecule has 0 fully saturated rings. The number of aromatic nitrogens is 2. The lowest BCUT2D eigenvalue weighted by Gasteiger charge is -2.25. The number of nitrogens with zero attached hydrogens (tertiary/aromatic N) is 4. The lowest BCUT2D eigenvalue weighted by molar-refractivity contribution is -0.122. The Morgan fingerprint density at radius 3 is 2.68 bits per heavy atom. The van der Waals surface area contributed by atoms with Crippen molar-refractivity contribution in [1.82, 2.24) is 25.7 Å². The van der Waals surface area contributed by atoms with Crippen molar-refractivity contribution in [2.75, 3.05) is 20.6 Å². The van der Waals surface area contributed by atoms with Crippen LogP contribution < -0.4 is 10.6 Å². The number of halogens is 2. The number of carbonyl (C=O) groups is 1. The van der Waals surface area contributed by atoms with E-state index in [1.165, 1.54) is 0 Å². The van der Waals surface area contributed by atoms with Crippen LogP contribution in [0, 0.1) is 0 Å². The maximum Gasteiger partial charge on any atom is 0.246 e. The molecule has 8 nitrogen and oxygen atoms in total. The highest BCUT2D eigenvalue weighted by molar-refractivity contribution is 14.0. The molecule has 2 N–H and O–H groups in total. The number of rotatable bonds is 5. The third-order valence-corrected chi connectivity index (χ3v) is 3.65. The molecule has 2 rings (SSSR count). The van der Waals surface area contributed by atoms with Crippen molar-refractivity contribution in [1.29, 1.82) is 0 Å². The monoisotopic (exact) mass is 520 g/mol. The second kappa shape index (κ2) is 10.6. The Bertz CT molecular complexity index is 818. The first-order valence-corrected chi connectivity index (χ1v) is 8.87. The molecule has 0 aliphatic carbocycles. The molecule has 0 atom stereocenters. The van der Waals surface area contributed by atoms with Crippen molar-refractivity contribution in [3.8, 4) is 11.4 Å². The Hall–Kier alpha value is -1.88. The van der Waals surface area contributed by atoms with Crippen LogP contribution >= 0.6 is 35.6 Å². The van der Waals surface area contributed by atoms with E-state index in [0.29, 0.717) is 22.7 Å². The zero-order chi connectivity index (χ0) is 20.0. The van der Waals surface area contributed by atoms with Crippen molar-refractivity contribution in [2.24, 2.45) is 4.99 Å². The van der Waals surface area contributed by atoms with Gasteiger partial charge in [0.25, 0.3) is 0 Å². The minimum absolute atomic E-state index is 0. The Morgan fingerprint density at radius 1 is 1.36 bits per heavy atom. The van der Waals surface area contributed by atoms with E-state index in [1.54, 1.807) is 31.1 Å². The van der Waals surface area contributed by atoms with Gasteiger partial charge in [-0.15, -0.1) is 24.0 Å². The molecule has 0 unspecified atom stereocenters. The summed E-state index contributed by atoms with van der Waals surface area (Å²) in [5.41, 5.74) is 0.493. The van der Waals surface area contributed by atoms with Crippen molar-refractivity contribution in [3.05, 3.63) is 35.2 Å². The second-order valence-electron chi connectivity index (χ2n) is 7.08. The summed E-state index contributed by atoms with van der Waals surface area (Å²) >= 11 is 5.99. The van der Waals surface area contributed by atoms with Crippen LogP contribution in [-0.2, 0) is 11.3 Å². The fourth-order valence-corrected chi connectivity index (χ4v) is 2.55. The highest BCUT2D eigenvalue weighted by Crippen LogP contribution is 2.19. The van der Waals surface area contributed by atoms with Gasteiger partial charge in [-0.05, 0) is 32.9 Å². The van der Waals surface area contributed by atoms with Gasteiger partial charge in [-0.2, -0.15) is 4.98 Å². The Kier molecular flexibility index (Phi) is 9.15. The molecule has 0 radical (unpaired) electrons. The van der Waals surface area contributed by atoms with E-state index in [4.69, 9.17) is 16.1 Å². The zero-order valence-corrected chi connectivity index (χ0v) is 19.7. The van der Waals surface area contributed by atoms with Gasteiger partial charge in [0.2, 0.25) is 17.6 Å². The largest absolute Gasteiger partial charge is 0.350 e. The molecule has 1 aromatic heterocycles. The molecule has 0 saturated carbocycles. The van der Waals surface area contributed by atoms with E-state index in [0.717, 1.165) is 5.56 Å². The first-order valence-electron chi connectivity index (χ1n) is 8.49. The number of nitrogens with one attached hydrogen (secondary N) is 2. The number of benzene rings is 1. The molecule has 1 heterocycles. The molecule has 1 amide bonds. The number of amides is 1. The molecule has 154 valence electrons. The van der Waals surface area contributed by atoms with E-state index in [-0.39, 0.29) is 48.5 Å². The van der Waals surface area contributed by atoms with Crippen LogP contribution in [0.25, 0.3) is 11.4 Å². The van der Waals surface area contributed by atoms with Gasteiger partial charge in [-0.3, -0.25) is 9.79 Å². The van der Waals surface area contributed by atoms with Crippen LogP contribution in [0.5, 0.6) is 0 Å². The number of guanidine groups is 1. The van der Waals surface area contributed by atoms with Crippen LogP contribution in [0.2, 0.25) is 5.02 Å². The minimum atomic E-state index is -0.282. The Balaban J connectivity index is 0.00000392. The Morgan fingerprint density at radius 2 is 2.07 bits per heavy atom. The van der Waals surface area contributed by atoms with Gasteiger partial charge in [0.1, 0.15) is 0 Å². The van der Waals surface area contributed by atoms with Gasteiger partial charge in [-0.25, -0.2) is 0 Å². The van der Waals surface area contributed by atoms with Gasteiger partial charge in [0.15, 0.2) is 5.96 Å². The highest BCUT2D eigenvalue weighted by Gasteiger charge is 2.17. The van der Waals surface area contributed by atoms with Gasteiger partial charge in [-0.1, -0.05) is 28.9 Å². The van der Waals surface area contributed by atoms with Crippen molar-refractivity contribution in [3.63, 3.8) is 0 Å². The van der Waals surface area contributed by atoms with Crippen LogP contribution in [0.15, 0.2) is 33.8 Å². The van der Waals surface area contributed by atoms with Gasteiger partial charge < -0.3 is 20.1 Å². The molecule has 0 saturated heterocycles. The number of likely N-dealkylation sites (N-methyl/N-ethyl adjacent to an activating group) is 1. The summed E-state index contributed by atoms with van der Waals surface area (Å²) in [4.78, 5) is 22.3. The molecule has 0 bridgehead atoms. The zero-order valence-electron chi connectivity index (χ0n) is 16.6. The molecule has 0 aliphatic heterocycles. The first-order chi connectivity index (χ1) is 12.7. The fraction of sp³-hybridized carbons (Fsp3) is 0.444. The van der Waals surface area contributed by atoms with Crippen LogP contribution in [0.1, 0.15) is 26.7 Å². The summed E-state index contributed by atoms with van der Waals surface area (Å²) in [6.07, 6.45) is 0. The number of hydrogen-bond acceptors (Lipinski definition) is 5. The summed E-state index contributed by atoms with van der Waals surface area (Å²) < 4.78 is 5.26. The smallest absolute Gasteiger partial charge is 0.246 e. The van der Waals surface area contributed by atoms with Gasteiger partial charge >= 0.3 is 0 Å². The molecule has 1 aromatic carbocycles. The third kappa shape index (κ3) is 7.63. The van der Waals surface area contributed by atoms with Crippen LogP contribution in [0.3, 0.4) is 0 Å². The van der Waals surface area contributed by atoms with Gasteiger partial charge in [0.05, 0.1) is 13.1 Å². The average Bonchev–Trinajstić information content (AvgIpc) is 3.02. The number of aliphatic imine (C=N–C) groups is 1. The molecule has 2 aromatic rings. The molecule has 0 aliphatic rings. The SMILES string of the molecule is CN=C(NCc1nc(-c2cccc(Cl)c2)no1)N(C)CC(=O)NC(C)(C)C.I. The van der Waals surface area contributed by atoms with Crippen molar-refractivity contribution >= 4 is 47.4 Å². The van der Waals surface area contributed by atoms with Gasteiger partial charge in [0, 0.05) is 30.2 Å². The quantitative estimate of drug-likeness (QED) is 0.358. The molecule has 0 spiro atoms. The Labute approximate surface area is 187 Å². The highest BCUT2D eigenvalue weighted by atomic mass is 127. The summed E-state index contributed by atoms with van der Waals surface area (Å²) in [5, 5.41) is 10.6. The first kappa shape index (κ1) is 24.2. The third-order valence-electron chi connectivity index (χ3n) is 3.42. The van der Waals surface area contributed by atoms with E-state index in [2.05, 4.69) is 25.8 Å². The standard InChI is InChI=1S/C18H25ClN6O2.HI/c1-18(2,3)23-14(26)11-25(5)17(20-4)21-10-15-22-16(24-27-15)12-7-6-8-13(19)9-12;/h6-9H,10-11H2,1-5H3,(H,20,21)(H,23,26);1H.